The van der Waals surface area contributed by atoms with Crippen molar-refractivity contribution in [2.75, 3.05) is 7.05 Å². The topological polar surface area (TPSA) is 49.4 Å². The van der Waals surface area contributed by atoms with Crippen molar-refractivity contribution < 1.29 is 14.0 Å². The average molecular weight is 377 g/mol. The quantitative estimate of drug-likeness (QED) is 0.838. The van der Waals surface area contributed by atoms with Gasteiger partial charge < -0.3 is 10.2 Å². The van der Waals surface area contributed by atoms with Crippen LogP contribution in [0.1, 0.15) is 23.6 Å². The fourth-order valence-electron chi connectivity index (χ4n) is 2.64. The second-order valence-corrected chi connectivity index (χ2v) is 6.58. The van der Waals surface area contributed by atoms with E-state index in [0.717, 1.165) is 11.1 Å². The molecule has 0 radical (unpaired) electrons. The minimum atomic E-state index is -0.695. The number of hydrogen-bond acceptors (Lipinski definition) is 2. The van der Waals surface area contributed by atoms with Crippen LogP contribution >= 0.6 is 11.6 Å². The summed E-state index contributed by atoms with van der Waals surface area (Å²) in [6.45, 7) is 3.87. The molecule has 26 heavy (non-hydrogen) atoms. The number of nitrogens with one attached hydrogen (secondary N) is 1. The van der Waals surface area contributed by atoms with Crippen molar-refractivity contribution in [3.63, 3.8) is 0 Å². The Labute approximate surface area is 158 Å². The highest BCUT2D eigenvalue weighted by Crippen LogP contribution is 2.21. The van der Waals surface area contributed by atoms with Crippen LogP contribution in [-0.4, -0.2) is 29.8 Å². The zero-order chi connectivity index (χ0) is 19.3. The monoisotopic (exact) mass is 376 g/mol. The number of aryl methyl sites for hydroxylation is 1. The highest BCUT2D eigenvalue weighted by Gasteiger charge is 2.26. The van der Waals surface area contributed by atoms with Gasteiger partial charge in [-0.15, -0.1) is 0 Å². The summed E-state index contributed by atoms with van der Waals surface area (Å²) in [6, 6.07) is 11.3. The second kappa shape index (κ2) is 8.81. The molecular weight excluding hydrogens is 355 g/mol. The van der Waals surface area contributed by atoms with Crippen LogP contribution in [0.25, 0.3) is 0 Å². The van der Waals surface area contributed by atoms with Gasteiger partial charge in [-0.25, -0.2) is 4.39 Å². The number of amides is 2. The lowest BCUT2D eigenvalue weighted by Gasteiger charge is -2.28. The first-order chi connectivity index (χ1) is 12.3. The third-order valence-electron chi connectivity index (χ3n) is 4.28. The summed E-state index contributed by atoms with van der Waals surface area (Å²) >= 11 is 6.04. The predicted octanol–water partition coefficient (Wildman–Crippen LogP) is 3.49. The van der Waals surface area contributed by atoms with Crippen LogP contribution in [0.5, 0.6) is 0 Å². The maximum atomic E-state index is 14.0. The van der Waals surface area contributed by atoms with E-state index >= 15 is 0 Å². The number of rotatable bonds is 6. The SMILES string of the molecule is CNC(=O)[C@H](C)N(Cc1ccc(C)cc1)C(=O)Cc1c(F)cccc1Cl. The van der Waals surface area contributed by atoms with E-state index in [1.165, 1.54) is 24.1 Å². The van der Waals surface area contributed by atoms with Gasteiger partial charge in [-0.2, -0.15) is 0 Å². The van der Waals surface area contributed by atoms with Gasteiger partial charge >= 0.3 is 0 Å². The summed E-state index contributed by atoms with van der Waals surface area (Å²) in [4.78, 5) is 26.4. The number of carbonyl (C=O) groups is 2. The summed E-state index contributed by atoms with van der Waals surface area (Å²) < 4.78 is 14.0. The standard InChI is InChI=1S/C20H22ClFN2O2/c1-13-7-9-15(10-8-13)12-24(14(2)20(26)23-3)19(25)11-16-17(21)5-4-6-18(16)22/h4-10,14H,11-12H2,1-3H3,(H,23,26)/t14-/m0/s1. The smallest absolute Gasteiger partial charge is 0.242 e. The molecule has 2 aromatic carbocycles. The van der Waals surface area contributed by atoms with Crippen molar-refractivity contribution in [2.45, 2.75) is 32.9 Å². The number of carbonyl (C=O) groups excluding carboxylic acids is 2. The number of likely N-dealkylation sites (N-methyl/N-ethyl adjacent to an activating group) is 1. The zero-order valence-electron chi connectivity index (χ0n) is 15.1. The molecular formula is C20H22ClFN2O2. The first-order valence-corrected chi connectivity index (χ1v) is 8.70. The molecule has 0 aliphatic heterocycles. The van der Waals surface area contributed by atoms with Gasteiger partial charge in [-0.3, -0.25) is 9.59 Å². The minimum absolute atomic E-state index is 0.136. The van der Waals surface area contributed by atoms with Crippen molar-refractivity contribution in [1.29, 1.82) is 0 Å². The molecule has 0 bridgehead atoms. The summed E-state index contributed by atoms with van der Waals surface area (Å²) in [7, 11) is 1.51. The van der Waals surface area contributed by atoms with Gasteiger partial charge in [-0.1, -0.05) is 47.5 Å². The number of nitrogens with zero attached hydrogens (tertiary/aromatic N) is 1. The van der Waals surface area contributed by atoms with Crippen LogP contribution < -0.4 is 5.32 Å². The molecule has 2 aromatic rings. The fraction of sp³-hybridized carbons (Fsp3) is 0.300. The maximum absolute atomic E-state index is 14.0. The predicted molar refractivity (Wildman–Crippen MR) is 100 cm³/mol. The van der Waals surface area contributed by atoms with E-state index in [9.17, 15) is 14.0 Å². The minimum Gasteiger partial charge on any atom is -0.357 e. The lowest BCUT2D eigenvalue weighted by molar-refractivity contribution is -0.139. The van der Waals surface area contributed by atoms with Crippen LogP contribution in [-0.2, 0) is 22.6 Å². The van der Waals surface area contributed by atoms with Crippen molar-refractivity contribution in [3.8, 4) is 0 Å². The Morgan fingerprint density at radius 2 is 1.85 bits per heavy atom. The average Bonchev–Trinajstić information content (AvgIpc) is 2.63. The van der Waals surface area contributed by atoms with E-state index in [2.05, 4.69) is 5.32 Å². The van der Waals surface area contributed by atoms with Gasteiger partial charge in [0.05, 0.1) is 6.42 Å². The van der Waals surface area contributed by atoms with Crippen LogP contribution in [0.3, 0.4) is 0 Å². The molecule has 6 heteroatoms. The van der Waals surface area contributed by atoms with E-state index in [1.807, 2.05) is 31.2 Å². The second-order valence-electron chi connectivity index (χ2n) is 6.17. The van der Waals surface area contributed by atoms with Crippen molar-refractivity contribution in [1.82, 2.24) is 10.2 Å². The Hall–Kier alpha value is -2.40. The van der Waals surface area contributed by atoms with Crippen molar-refractivity contribution in [2.24, 2.45) is 0 Å². The molecule has 1 atom stereocenters. The number of benzene rings is 2. The lowest BCUT2D eigenvalue weighted by Crippen LogP contribution is -2.47. The Morgan fingerprint density at radius 3 is 2.42 bits per heavy atom. The lowest BCUT2D eigenvalue weighted by atomic mass is 10.1. The Bertz CT molecular complexity index is 773. The Kier molecular flexibility index (Phi) is 6.75. The summed E-state index contributed by atoms with van der Waals surface area (Å²) in [5.74, 6) is -1.19. The molecule has 2 amide bonds. The summed E-state index contributed by atoms with van der Waals surface area (Å²) in [6.07, 6.45) is -0.210. The third-order valence-corrected chi connectivity index (χ3v) is 4.63. The fourth-order valence-corrected chi connectivity index (χ4v) is 2.87. The van der Waals surface area contributed by atoms with Crippen LogP contribution in [0.15, 0.2) is 42.5 Å². The Balaban J connectivity index is 2.28. The van der Waals surface area contributed by atoms with Crippen LogP contribution in [0, 0.1) is 12.7 Å². The Morgan fingerprint density at radius 1 is 1.19 bits per heavy atom. The molecule has 2 rings (SSSR count). The summed E-state index contributed by atoms with van der Waals surface area (Å²) in [5, 5.41) is 2.74. The first-order valence-electron chi connectivity index (χ1n) is 8.33. The van der Waals surface area contributed by atoms with E-state index < -0.39 is 11.9 Å². The van der Waals surface area contributed by atoms with Gasteiger partial charge in [0, 0.05) is 24.2 Å². The van der Waals surface area contributed by atoms with Crippen molar-refractivity contribution >= 4 is 23.4 Å². The van der Waals surface area contributed by atoms with Gasteiger partial charge in [0.1, 0.15) is 11.9 Å². The van der Waals surface area contributed by atoms with Gasteiger partial charge in [0.2, 0.25) is 11.8 Å². The number of halogens is 2. The first kappa shape index (κ1) is 19.9. The van der Waals surface area contributed by atoms with Crippen molar-refractivity contribution in [3.05, 3.63) is 70.0 Å². The molecule has 0 unspecified atom stereocenters. The molecule has 4 nitrogen and oxygen atoms in total. The van der Waals surface area contributed by atoms with Gasteiger partial charge in [0.15, 0.2) is 0 Å². The molecule has 0 spiro atoms. The molecule has 0 aliphatic rings. The maximum Gasteiger partial charge on any atom is 0.242 e. The number of hydrogen-bond donors (Lipinski definition) is 1. The molecule has 1 N–H and O–H groups in total. The molecule has 138 valence electrons. The molecule has 0 aromatic heterocycles. The highest BCUT2D eigenvalue weighted by atomic mass is 35.5. The van der Waals surface area contributed by atoms with E-state index in [1.54, 1.807) is 13.0 Å². The van der Waals surface area contributed by atoms with Crippen LogP contribution in [0.4, 0.5) is 4.39 Å². The van der Waals surface area contributed by atoms with E-state index in [4.69, 9.17) is 11.6 Å². The van der Waals surface area contributed by atoms with E-state index in [0.29, 0.717) is 0 Å². The summed E-state index contributed by atoms with van der Waals surface area (Å²) in [5.41, 5.74) is 2.13. The normalized spacial score (nSPS) is 11.7. The molecule has 0 fully saturated rings. The molecule has 0 saturated carbocycles. The van der Waals surface area contributed by atoms with Gasteiger partial charge in [0.25, 0.3) is 0 Å². The van der Waals surface area contributed by atoms with Crippen LogP contribution in [0.2, 0.25) is 5.02 Å². The largest absolute Gasteiger partial charge is 0.357 e. The highest BCUT2D eigenvalue weighted by molar-refractivity contribution is 6.31. The molecule has 0 aliphatic carbocycles. The molecule has 0 heterocycles. The molecule has 0 saturated heterocycles. The third kappa shape index (κ3) is 4.82. The zero-order valence-corrected chi connectivity index (χ0v) is 15.8. The van der Waals surface area contributed by atoms with Gasteiger partial charge in [-0.05, 0) is 31.5 Å². The van der Waals surface area contributed by atoms with E-state index in [-0.39, 0.29) is 35.4 Å².